The van der Waals surface area contributed by atoms with E-state index >= 15 is 0 Å². The maximum absolute atomic E-state index is 4.29. The molecule has 2 aromatic rings. The molecule has 1 aromatic carbocycles. The van der Waals surface area contributed by atoms with Crippen LogP contribution in [0.5, 0.6) is 0 Å². The Hall–Kier alpha value is -1.64. The number of hydrogen-bond donors (Lipinski definition) is 1. The van der Waals surface area contributed by atoms with Crippen LogP contribution in [0.3, 0.4) is 0 Å². The van der Waals surface area contributed by atoms with Crippen molar-refractivity contribution < 1.29 is 0 Å². The van der Waals surface area contributed by atoms with E-state index in [4.69, 9.17) is 0 Å². The average Bonchev–Trinajstić information content (AvgIpc) is 2.42. The molecule has 0 spiro atoms. The Morgan fingerprint density at radius 3 is 2.53 bits per heavy atom. The molecular formula is C16H21N3. The Morgan fingerprint density at radius 1 is 0.947 bits per heavy atom. The van der Waals surface area contributed by atoms with Gasteiger partial charge in [0, 0.05) is 16.8 Å². The molecule has 1 saturated carbocycles. The van der Waals surface area contributed by atoms with E-state index in [2.05, 4.69) is 33.7 Å². The Kier molecular flexibility index (Phi) is 3.92. The first-order chi connectivity index (χ1) is 9.43. The molecule has 3 heteroatoms. The molecule has 1 N–H and O–H groups in total. The monoisotopic (exact) mass is 255 g/mol. The molecule has 1 aliphatic rings. The summed E-state index contributed by atoms with van der Waals surface area (Å²) < 4.78 is 0. The van der Waals surface area contributed by atoms with E-state index in [9.17, 15) is 0 Å². The molecule has 1 fully saturated rings. The van der Waals surface area contributed by atoms with Gasteiger partial charge in [-0.25, -0.2) is 0 Å². The number of hydrogen-bond acceptors (Lipinski definition) is 3. The van der Waals surface area contributed by atoms with Gasteiger partial charge in [-0.1, -0.05) is 56.4 Å². The van der Waals surface area contributed by atoms with Gasteiger partial charge in [-0.3, -0.25) is 0 Å². The van der Waals surface area contributed by atoms with E-state index < -0.39 is 0 Å². The van der Waals surface area contributed by atoms with Gasteiger partial charge in [-0.2, -0.15) is 5.10 Å². The standard InChI is InChI=1S/C16H21N3/c1-2-4-9-14(10-5-3-1)18-16-15-11-7-6-8-13(15)12-17-19-16/h6-8,11-12,14H,1-5,9-10H2,(H,18,19). The second kappa shape index (κ2) is 6.00. The lowest BCUT2D eigenvalue weighted by Gasteiger charge is -2.21. The summed E-state index contributed by atoms with van der Waals surface area (Å²) in [7, 11) is 0. The Morgan fingerprint density at radius 2 is 1.68 bits per heavy atom. The van der Waals surface area contributed by atoms with Crippen molar-refractivity contribution >= 4 is 16.6 Å². The molecule has 1 aliphatic carbocycles. The minimum atomic E-state index is 0.556. The summed E-state index contributed by atoms with van der Waals surface area (Å²) in [6.45, 7) is 0. The van der Waals surface area contributed by atoms with E-state index in [-0.39, 0.29) is 0 Å². The van der Waals surface area contributed by atoms with Crippen molar-refractivity contribution in [3.8, 4) is 0 Å². The van der Waals surface area contributed by atoms with Crippen molar-refractivity contribution in [1.82, 2.24) is 10.2 Å². The van der Waals surface area contributed by atoms with Crippen LogP contribution in [0.1, 0.15) is 44.9 Å². The molecule has 1 aromatic heterocycles. The first-order valence-electron chi connectivity index (χ1n) is 7.40. The lowest BCUT2D eigenvalue weighted by atomic mass is 9.96. The van der Waals surface area contributed by atoms with Gasteiger partial charge in [0.05, 0.1) is 6.20 Å². The maximum atomic E-state index is 4.29. The van der Waals surface area contributed by atoms with Crippen LogP contribution in [-0.4, -0.2) is 16.2 Å². The number of rotatable bonds is 2. The minimum Gasteiger partial charge on any atom is -0.365 e. The molecule has 0 unspecified atom stereocenters. The molecule has 0 aliphatic heterocycles. The molecule has 3 rings (SSSR count). The third-order valence-corrected chi connectivity index (χ3v) is 4.02. The van der Waals surface area contributed by atoms with Gasteiger partial charge in [-0.05, 0) is 12.8 Å². The third kappa shape index (κ3) is 3.03. The predicted octanol–water partition coefficient (Wildman–Crippen LogP) is 4.15. The van der Waals surface area contributed by atoms with E-state index in [1.54, 1.807) is 0 Å². The highest BCUT2D eigenvalue weighted by Crippen LogP contribution is 2.24. The normalized spacial score (nSPS) is 17.9. The van der Waals surface area contributed by atoms with Gasteiger partial charge in [0.25, 0.3) is 0 Å². The quantitative estimate of drug-likeness (QED) is 0.875. The highest BCUT2D eigenvalue weighted by atomic mass is 15.2. The number of benzene rings is 1. The fraction of sp³-hybridized carbons (Fsp3) is 0.500. The number of anilines is 1. The van der Waals surface area contributed by atoms with E-state index in [1.165, 1.54) is 50.3 Å². The van der Waals surface area contributed by atoms with E-state index in [1.807, 2.05) is 12.3 Å². The molecule has 0 bridgehead atoms. The van der Waals surface area contributed by atoms with Gasteiger partial charge >= 0.3 is 0 Å². The second-order valence-corrected chi connectivity index (χ2v) is 5.47. The zero-order valence-electron chi connectivity index (χ0n) is 11.3. The maximum Gasteiger partial charge on any atom is 0.156 e. The first kappa shape index (κ1) is 12.4. The van der Waals surface area contributed by atoms with Crippen LogP contribution in [0.15, 0.2) is 30.5 Å². The van der Waals surface area contributed by atoms with E-state index in [0.29, 0.717) is 6.04 Å². The lowest BCUT2D eigenvalue weighted by Crippen LogP contribution is -2.21. The second-order valence-electron chi connectivity index (χ2n) is 5.47. The molecule has 0 atom stereocenters. The zero-order valence-corrected chi connectivity index (χ0v) is 11.3. The largest absolute Gasteiger partial charge is 0.365 e. The smallest absolute Gasteiger partial charge is 0.156 e. The topological polar surface area (TPSA) is 37.8 Å². The van der Waals surface area contributed by atoms with Gasteiger partial charge < -0.3 is 5.32 Å². The molecule has 1 heterocycles. The van der Waals surface area contributed by atoms with Crippen molar-refractivity contribution in [2.45, 2.75) is 51.0 Å². The van der Waals surface area contributed by atoms with Crippen LogP contribution in [0.25, 0.3) is 10.8 Å². The van der Waals surface area contributed by atoms with Crippen LogP contribution >= 0.6 is 0 Å². The van der Waals surface area contributed by atoms with Crippen molar-refractivity contribution in [2.24, 2.45) is 0 Å². The molecule has 0 radical (unpaired) electrons. The first-order valence-corrected chi connectivity index (χ1v) is 7.40. The minimum absolute atomic E-state index is 0.556. The van der Waals surface area contributed by atoms with Crippen LogP contribution < -0.4 is 5.32 Å². The summed E-state index contributed by atoms with van der Waals surface area (Å²) in [5.74, 6) is 0.948. The highest BCUT2D eigenvalue weighted by Gasteiger charge is 2.13. The summed E-state index contributed by atoms with van der Waals surface area (Å²) in [4.78, 5) is 0. The SMILES string of the molecule is c1ccc2c(NC3CCCCCCC3)nncc2c1. The van der Waals surface area contributed by atoms with Crippen LogP contribution in [-0.2, 0) is 0 Å². The lowest BCUT2D eigenvalue weighted by molar-refractivity contribution is 0.470. The number of nitrogens with zero attached hydrogens (tertiary/aromatic N) is 2. The van der Waals surface area contributed by atoms with Crippen molar-refractivity contribution in [3.05, 3.63) is 30.5 Å². The summed E-state index contributed by atoms with van der Waals surface area (Å²) in [5.41, 5.74) is 0. The van der Waals surface area contributed by atoms with Gasteiger partial charge in [0.1, 0.15) is 0 Å². The molecule has 0 saturated heterocycles. The highest BCUT2D eigenvalue weighted by molar-refractivity contribution is 5.90. The van der Waals surface area contributed by atoms with Crippen LogP contribution in [0.4, 0.5) is 5.82 Å². The van der Waals surface area contributed by atoms with Crippen LogP contribution in [0, 0.1) is 0 Å². The molecule has 3 nitrogen and oxygen atoms in total. The van der Waals surface area contributed by atoms with Crippen molar-refractivity contribution in [2.75, 3.05) is 5.32 Å². The Balaban J connectivity index is 1.80. The van der Waals surface area contributed by atoms with Gasteiger partial charge in [0.15, 0.2) is 5.82 Å². The third-order valence-electron chi connectivity index (χ3n) is 4.02. The molecule has 19 heavy (non-hydrogen) atoms. The predicted molar refractivity (Wildman–Crippen MR) is 79.3 cm³/mol. The summed E-state index contributed by atoms with van der Waals surface area (Å²) in [5, 5.41) is 14.4. The molecular weight excluding hydrogens is 234 g/mol. The van der Waals surface area contributed by atoms with Crippen molar-refractivity contribution in [1.29, 1.82) is 0 Å². The van der Waals surface area contributed by atoms with Gasteiger partial charge in [-0.15, -0.1) is 5.10 Å². The fourth-order valence-electron chi connectivity index (χ4n) is 2.93. The number of fused-ring (bicyclic) bond motifs is 1. The van der Waals surface area contributed by atoms with Crippen LogP contribution in [0.2, 0.25) is 0 Å². The van der Waals surface area contributed by atoms with Gasteiger partial charge in [0.2, 0.25) is 0 Å². The summed E-state index contributed by atoms with van der Waals surface area (Å²) >= 11 is 0. The summed E-state index contributed by atoms with van der Waals surface area (Å²) in [6.07, 6.45) is 11.2. The van der Waals surface area contributed by atoms with Crippen molar-refractivity contribution in [3.63, 3.8) is 0 Å². The Bertz CT molecular complexity index is 525. The fourth-order valence-corrected chi connectivity index (χ4v) is 2.93. The number of nitrogens with one attached hydrogen (secondary N) is 1. The molecule has 0 amide bonds. The van der Waals surface area contributed by atoms with E-state index in [0.717, 1.165) is 11.2 Å². The average molecular weight is 255 g/mol. The summed E-state index contributed by atoms with van der Waals surface area (Å²) in [6, 6.07) is 8.87. The molecule has 100 valence electrons. The Labute approximate surface area is 114 Å². The number of aromatic nitrogens is 2. The zero-order chi connectivity index (χ0) is 12.9.